The number of rotatable bonds is 5. The quantitative estimate of drug-likeness (QED) is 0.619. The first-order chi connectivity index (χ1) is 10.8. The molecular formula is C15H16ClN5S. The normalized spacial score (nSPS) is 14.3. The minimum absolute atomic E-state index is 0.485. The molecule has 0 unspecified atom stereocenters. The summed E-state index contributed by atoms with van der Waals surface area (Å²) in [5.74, 6) is 1.53. The lowest BCUT2D eigenvalue weighted by atomic mass is 10.3. The van der Waals surface area contributed by atoms with Crippen LogP contribution in [0, 0.1) is 11.3 Å². The van der Waals surface area contributed by atoms with E-state index in [2.05, 4.69) is 21.2 Å². The van der Waals surface area contributed by atoms with Crippen LogP contribution in [0.3, 0.4) is 0 Å². The van der Waals surface area contributed by atoms with Gasteiger partial charge in [-0.05, 0) is 25.0 Å². The molecule has 0 aliphatic carbocycles. The van der Waals surface area contributed by atoms with Crippen molar-refractivity contribution < 1.29 is 0 Å². The van der Waals surface area contributed by atoms with Gasteiger partial charge in [-0.3, -0.25) is 4.57 Å². The molecule has 0 radical (unpaired) electrons. The second-order valence-electron chi connectivity index (χ2n) is 5.02. The molecule has 1 aromatic carbocycles. The summed E-state index contributed by atoms with van der Waals surface area (Å²) in [4.78, 5) is 2.24. The van der Waals surface area contributed by atoms with E-state index in [0.717, 1.165) is 29.9 Å². The van der Waals surface area contributed by atoms with Crippen molar-refractivity contribution in [3.63, 3.8) is 0 Å². The summed E-state index contributed by atoms with van der Waals surface area (Å²) in [6.45, 7) is 1.98. The molecule has 2 aromatic rings. The van der Waals surface area contributed by atoms with E-state index in [1.807, 2.05) is 28.8 Å². The molecule has 1 aliphatic heterocycles. The average molecular weight is 334 g/mol. The molecule has 1 aliphatic rings. The van der Waals surface area contributed by atoms with Crippen molar-refractivity contribution in [2.75, 3.05) is 23.7 Å². The number of halogens is 1. The van der Waals surface area contributed by atoms with Crippen LogP contribution in [0.15, 0.2) is 29.4 Å². The van der Waals surface area contributed by atoms with Crippen LogP contribution in [0.1, 0.15) is 19.3 Å². The van der Waals surface area contributed by atoms with Crippen molar-refractivity contribution in [2.45, 2.75) is 24.4 Å². The molecule has 5 nitrogen and oxygen atoms in total. The highest BCUT2D eigenvalue weighted by molar-refractivity contribution is 7.99. The first kappa shape index (κ1) is 15.2. The summed E-state index contributed by atoms with van der Waals surface area (Å²) in [5.41, 5.74) is 0.885. The number of thioether (sulfide) groups is 1. The Balaban J connectivity index is 2.01. The average Bonchev–Trinajstić information content (AvgIpc) is 3.17. The van der Waals surface area contributed by atoms with Gasteiger partial charge in [0.05, 0.1) is 16.8 Å². The van der Waals surface area contributed by atoms with Gasteiger partial charge in [0, 0.05) is 25.3 Å². The Morgan fingerprint density at radius 3 is 2.73 bits per heavy atom. The molecule has 0 saturated carbocycles. The van der Waals surface area contributed by atoms with Crippen LogP contribution in [0.5, 0.6) is 0 Å². The lowest BCUT2D eigenvalue weighted by Crippen LogP contribution is -2.22. The molecule has 1 saturated heterocycles. The lowest BCUT2D eigenvalue weighted by Gasteiger charge is -2.18. The standard InChI is InChI=1S/C15H16ClN5S/c16-12-6-1-2-7-13(12)21-14(20-9-3-4-10-20)18-19-15(21)22-11-5-8-17/h1-2,6-7H,3-5,9-11H2. The summed E-state index contributed by atoms with van der Waals surface area (Å²) in [5, 5.41) is 18.9. The van der Waals surface area contributed by atoms with Gasteiger partial charge in [0.25, 0.3) is 0 Å². The molecule has 0 spiro atoms. The fourth-order valence-electron chi connectivity index (χ4n) is 2.51. The minimum atomic E-state index is 0.485. The lowest BCUT2D eigenvalue weighted by molar-refractivity contribution is 0.841. The Bertz CT molecular complexity index is 687. The van der Waals surface area contributed by atoms with E-state index in [1.165, 1.54) is 24.6 Å². The predicted molar refractivity (Wildman–Crippen MR) is 88.8 cm³/mol. The fourth-order valence-corrected chi connectivity index (χ4v) is 3.51. The van der Waals surface area contributed by atoms with Gasteiger partial charge in [-0.15, -0.1) is 10.2 Å². The number of hydrogen-bond acceptors (Lipinski definition) is 5. The third kappa shape index (κ3) is 3.06. The topological polar surface area (TPSA) is 57.7 Å². The third-order valence-electron chi connectivity index (χ3n) is 3.54. The van der Waals surface area contributed by atoms with Gasteiger partial charge in [-0.1, -0.05) is 35.5 Å². The van der Waals surface area contributed by atoms with Crippen LogP contribution in [-0.2, 0) is 0 Å². The second-order valence-corrected chi connectivity index (χ2v) is 6.49. The molecule has 3 rings (SSSR count). The van der Waals surface area contributed by atoms with Crippen molar-refractivity contribution in [3.05, 3.63) is 29.3 Å². The Morgan fingerprint density at radius 1 is 1.23 bits per heavy atom. The SMILES string of the molecule is N#CCCSc1nnc(N2CCCC2)n1-c1ccccc1Cl. The van der Waals surface area contributed by atoms with Crippen molar-refractivity contribution in [1.82, 2.24) is 14.8 Å². The maximum atomic E-state index is 8.72. The zero-order valence-corrected chi connectivity index (χ0v) is 13.6. The Labute approximate surface area is 138 Å². The summed E-state index contributed by atoms with van der Waals surface area (Å²) in [6, 6.07) is 9.86. The van der Waals surface area contributed by atoms with E-state index in [4.69, 9.17) is 16.9 Å². The van der Waals surface area contributed by atoms with Crippen molar-refractivity contribution in [1.29, 1.82) is 5.26 Å². The van der Waals surface area contributed by atoms with Crippen LogP contribution in [0.25, 0.3) is 5.69 Å². The van der Waals surface area contributed by atoms with Gasteiger partial charge in [-0.2, -0.15) is 5.26 Å². The predicted octanol–water partition coefficient (Wildman–Crippen LogP) is 3.53. The van der Waals surface area contributed by atoms with Crippen molar-refractivity contribution in [3.8, 4) is 11.8 Å². The zero-order chi connectivity index (χ0) is 15.4. The summed E-state index contributed by atoms with van der Waals surface area (Å²) in [7, 11) is 0. The van der Waals surface area contributed by atoms with Crippen LogP contribution >= 0.6 is 23.4 Å². The number of benzene rings is 1. The molecular weight excluding hydrogens is 318 g/mol. The molecule has 7 heteroatoms. The molecule has 1 aromatic heterocycles. The van der Waals surface area contributed by atoms with Gasteiger partial charge in [0.1, 0.15) is 0 Å². The van der Waals surface area contributed by atoms with Crippen LogP contribution in [0.2, 0.25) is 5.02 Å². The van der Waals surface area contributed by atoms with E-state index in [1.54, 1.807) is 0 Å². The number of para-hydroxylation sites is 1. The van der Waals surface area contributed by atoms with Crippen molar-refractivity contribution >= 4 is 29.3 Å². The highest BCUT2D eigenvalue weighted by atomic mass is 35.5. The number of anilines is 1. The first-order valence-corrected chi connectivity index (χ1v) is 8.62. The summed E-state index contributed by atoms with van der Waals surface area (Å²) >= 11 is 7.91. The van der Waals surface area contributed by atoms with E-state index in [9.17, 15) is 0 Å². The van der Waals surface area contributed by atoms with Gasteiger partial charge < -0.3 is 4.90 Å². The fraction of sp³-hybridized carbons (Fsp3) is 0.400. The maximum absolute atomic E-state index is 8.72. The van der Waals surface area contributed by atoms with Gasteiger partial charge in [-0.25, -0.2) is 0 Å². The minimum Gasteiger partial charge on any atom is -0.341 e. The smallest absolute Gasteiger partial charge is 0.232 e. The van der Waals surface area contributed by atoms with Crippen LogP contribution in [-0.4, -0.2) is 33.6 Å². The molecule has 114 valence electrons. The van der Waals surface area contributed by atoms with E-state index in [0.29, 0.717) is 17.2 Å². The van der Waals surface area contributed by atoms with E-state index < -0.39 is 0 Å². The molecule has 0 atom stereocenters. The molecule has 2 heterocycles. The molecule has 1 fully saturated rings. The molecule has 0 N–H and O–H groups in total. The van der Waals surface area contributed by atoms with Crippen LogP contribution < -0.4 is 4.90 Å². The molecule has 22 heavy (non-hydrogen) atoms. The Kier molecular flexibility index (Phi) is 4.86. The summed E-state index contributed by atoms with van der Waals surface area (Å²) < 4.78 is 2.01. The molecule has 0 bridgehead atoms. The third-order valence-corrected chi connectivity index (χ3v) is 4.79. The highest BCUT2D eigenvalue weighted by Crippen LogP contribution is 2.31. The zero-order valence-electron chi connectivity index (χ0n) is 12.1. The van der Waals surface area contributed by atoms with Crippen LogP contribution in [0.4, 0.5) is 5.95 Å². The van der Waals surface area contributed by atoms with Gasteiger partial charge in [0.15, 0.2) is 5.16 Å². The number of nitriles is 1. The number of aromatic nitrogens is 3. The monoisotopic (exact) mass is 333 g/mol. The second kappa shape index (κ2) is 7.03. The maximum Gasteiger partial charge on any atom is 0.232 e. The number of nitrogens with zero attached hydrogens (tertiary/aromatic N) is 5. The van der Waals surface area contributed by atoms with Gasteiger partial charge >= 0.3 is 0 Å². The first-order valence-electron chi connectivity index (χ1n) is 7.26. The van der Waals surface area contributed by atoms with E-state index in [-0.39, 0.29) is 0 Å². The van der Waals surface area contributed by atoms with E-state index >= 15 is 0 Å². The van der Waals surface area contributed by atoms with Gasteiger partial charge in [0.2, 0.25) is 5.95 Å². The Hall–Kier alpha value is -1.71. The number of hydrogen-bond donors (Lipinski definition) is 0. The Morgan fingerprint density at radius 2 is 2.00 bits per heavy atom. The van der Waals surface area contributed by atoms with Crippen molar-refractivity contribution in [2.24, 2.45) is 0 Å². The largest absolute Gasteiger partial charge is 0.341 e. The summed E-state index contributed by atoms with van der Waals surface area (Å²) in [6.07, 6.45) is 2.83. The highest BCUT2D eigenvalue weighted by Gasteiger charge is 2.23. The molecule has 0 amide bonds.